The van der Waals surface area contributed by atoms with Gasteiger partial charge in [0.1, 0.15) is 12.4 Å². The number of hydrogen-bond donors (Lipinski definition) is 0. The van der Waals surface area contributed by atoms with E-state index in [9.17, 15) is 4.79 Å². The molecule has 2 aliphatic heterocycles. The van der Waals surface area contributed by atoms with Crippen molar-refractivity contribution in [3.63, 3.8) is 0 Å². The number of ether oxygens (including phenoxy) is 2. The van der Waals surface area contributed by atoms with Gasteiger partial charge in [-0.2, -0.15) is 0 Å². The summed E-state index contributed by atoms with van der Waals surface area (Å²) < 4.78 is 13.8. The van der Waals surface area contributed by atoms with Crippen LogP contribution in [0.25, 0.3) is 16.6 Å². The van der Waals surface area contributed by atoms with Gasteiger partial charge in [-0.1, -0.05) is 30.3 Å². The quantitative estimate of drug-likeness (QED) is 0.408. The molecule has 0 radical (unpaired) electrons. The third-order valence-corrected chi connectivity index (χ3v) is 7.23. The standard InChI is InChI=1S/C30H29N3O3/c1-20-15-27-28(16-21(20)2)33(19-31-27)10-9-25-24-6-4-3-5-23(24)18-36-29-8-7-22(17-26(25)29)30(34)32-11-13-35-14-12-32/h3-9,15-17,19H,10-14,18H2,1-2H3/b25-9+. The molecule has 6 rings (SSSR count). The first-order valence-corrected chi connectivity index (χ1v) is 12.4. The monoisotopic (exact) mass is 479 g/mol. The number of hydrogen-bond acceptors (Lipinski definition) is 4. The number of aryl methyl sites for hydroxylation is 2. The van der Waals surface area contributed by atoms with Crippen LogP contribution in [0.2, 0.25) is 0 Å². The van der Waals surface area contributed by atoms with Gasteiger partial charge in [-0.25, -0.2) is 4.98 Å². The van der Waals surface area contributed by atoms with Crippen molar-refractivity contribution in [2.45, 2.75) is 27.0 Å². The maximum absolute atomic E-state index is 13.3. The molecule has 3 aromatic carbocycles. The van der Waals surface area contributed by atoms with Crippen LogP contribution in [0.4, 0.5) is 0 Å². The van der Waals surface area contributed by atoms with Gasteiger partial charge >= 0.3 is 0 Å². The van der Waals surface area contributed by atoms with Crippen LogP contribution in [0.1, 0.15) is 38.2 Å². The molecule has 182 valence electrons. The molecule has 0 atom stereocenters. The minimum atomic E-state index is 0.0319. The second-order valence-electron chi connectivity index (χ2n) is 9.50. The highest BCUT2D eigenvalue weighted by molar-refractivity contribution is 5.97. The number of aromatic nitrogens is 2. The van der Waals surface area contributed by atoms with Crippen LogP contribution >= 0.6 is 0 Å². The Labute approximate surface area is 210 Å². The van der Waals surface area contributed by atoms with Crippen molar-refractivity contribution in [2.24, 2.45) is 0 Å². The second-order valence-corrected chi connectivity index (χ2v) is 9.50. The highest BCUT2D eigenvalue weighted by Gasteiger charge is 2.23. The minimum absolute atomic E-state index is 0.0319. The van der Waals surface area contributed by atoms with E-state index in [1.165, 1.54) is 11.1 Å². The van der Waals surface area contributed by atoms with Gasteiger partial charge in [0.15, 0.2) is 0 Å². The molecule has 6 heteroatoms. The van der Waals surface area contributed by atoms with Crippen molar-refractivity contribution in [2.75, 3.05) is 26.3 Å². The number of carbonyl (C=O) groups is 1. The Balaban J connectivity index is 1.43. The SMILES string of the molecule is Cc1cc2ncn(C/C=C3\c4ccccc4COc4ccc(C(=O)N5CCOCC5)cc43)c2cc1C. The summed E-state index contributed by atoms with van der Waals surface area (Å²) in [6.07, 6.45) is 4.13. The van der Waals surface area contributed by atoms with Crippen molar-refractivity contribution >= 4 is 22.5 Å². The number of allylic oxidation sites excluding steroid dienone is 1. The van der Waals surface area contributed by atoms with Gasteiger partial charge in [0.25, 0.3) is 5.91 Å². The lowest BCUT2D eigenvalue weighted by molar-refractivity contribution is 0.0303. The Hall–Kier alpha value is -3.90. The van der Waals surface area contributed by atoms with E-state index in [-0.39, 0.29) is 5.91 Å². The molecule has 6 nitrogen and oxygen atoms in total. The fourth-order valence-corrected chi connectivity index (χ4v) is 5.03. The van der Waals surface area contributed by atoms with Gasteiger partial charge in [0.2, 0.25) is 0 Å². The molecular formula is C30H29N3O3. The lowest BCUT2D eigenvalue weighted by atomic mass is 9.92. The third-order valence-electron chi connectivity index (χ3n) is 7.23. The summed E-state index contributed by atoms with van der Waals surface area (Å²) in [7, 11) is 0. The fraction of sp³-hybridized carbons (Fsp3) is 0.267. The number of fused-ring (bicyclic) bond motifs is 3. The topological polar surface area (TPSA) is 56.6 Å². The smallest absolute Gasteiger partial charge is 0.254 e. The maximum Gasteiger partial charge on any atom is 0.254 e. The number of morpholine rings is 1. The lowest BCUT2D eigenvalue weighted by Gasteiger charge is -2.27. The van der Waals surface area contributed by atoms with Crippen LogP contribution in [0, 0.1) is 13.8 Å². The summed E-state index contributed by atoms with van der Waals surface area (Å²) in [5.41, 5.74) is 9.55. The first-order valence-electron chi connectivity index (χ1n) is 12.4. The zero-order valence-electron chi connectivity index (χ0n) is 20.7. The van der Waals surface area contributed by atoms with E-state index in [2.05, 4.69) is 59.8 Å². The average molecular weight is 480 g/mol. The van der Waals surface area contributed by atoms with Crippen LogP contribution in [0.5, 0.6) is 5.75 Å². The van der Waals surface area contributed by atoms with E-state index in [1.807, 2.05) is 35.5 Å². The summed E-state index contributed by atoms with van der Waals surface area (Å²) in [6.45, 7) is 7.78. The van der Waals surface area contributed by atoms with Crippen molar-refractivity contribution in [3.05, 3.63) is 100 Å². The minimum Gasteiger partial charge on any atom is -0.488 e. The predicted octanol–water partition coefficient (Wildman–Crippen LogP) is 5.15. The van der Waals surface area contributed by atoms with Gasteiger partial charge in [0.05, 0.1) is 30.6 Å². The lowest BCUT2D eigenvalue weighted by Crippen LogP contribution is -2.40. The highest BCUT2D eigenvalue weighted by atomic mass is 16.5. The number of benzene rings is 3. The van der Waals surface area contributed by atoms with Crippen LogP contribution in [-0.2, 0) is 17.9 Å². The highest BCUT2D eigenvalue weighted by Crippen LogP contribution is 2.37. The van der Waals surface area contributed by atoms with Gasteiger partial charge < -0.3 is 18.9 Å². The average Bonchev–Trinajstić information content (AvgIpc) is 3.22. The molecule has 1 amide bonds. The summed E-state index contributed by atoms with van der Waals surface area (Å²) in [5.74, 6) is 0.822. The van der Waals surface area contributed by atoms with Crippen molar-refractivity contribution < 1.29 is 14.3 Å². The third kappa shape index (κ3) is 4.07. The molecule has 0 unspecified atom stereocenters. The molecule has 0 saturated carbocycles. The van der Waals surface area contributed by atoms with E-state index in [1.54, 1.807) is 0 Å². The van der Waals surface area contributed by atoms with Crippen LogP contribution in [0.3, 0.4) is 0 Å². The molecule has 2 aliphatic rings. The number of amides is 1. The number of carbonyl (C=O) groups excluding carboxylic acids is 1. The fourth-order valence-electron chi connectivity index (χ4n) is 5.03. The Morgan fingerprint density at radius 2 is 1.81 bits per heavy atom. The molecule has 0 N–H and O–H groups in total. The van der Waals surface area contributed by atoms with Crippen molar-refractivity contribution in [3.8, 4) is 5.75 Å². The summed E-state index contributed by atoms with van der Waals surface area (Å²) in [5, 5.41) is 0. The largest absolute Gasteiger partial charge is 0.488 e. The Kier molecular flexibility index (Phi) is 5.82. The van der Waals surface area contributed by atoms with Gasteiger partial charge in [-0.05, 0) is 72.0 Å². The zero-order valence-corrected chi connectivity index (χ0v) is 20.7. The number of imidazole rings is 1. The predicted molar refractivity (Wildman–Crippen MR) is 140 cm³/mol. The number of rotatable bonds is 3. The first kappa shape index (κ1) is 22.6. The van der Waals surface area contributed by atoms with E-state index >= 15 is 0 Å². The Morgan fingerprint density at radius 3 is 2.67 bits per heavy atom. The van der Waals surface area contributed by atoms with Gasteiger partial charge in [-0.15, -0.1) is 0 Å². The number of nitrogens with zero attached hydrogens (tertiary/aromatic N) is 3. The molecule has 4 aromatic rings. The molecule has 0 spiro atoms. The molecular weight excluding hydrogens is 450 g/mol. The summed E-state index contributed by atoms with van der Waals surface area (Å²) in [6, 6.07) is 18.5. The van der Waals surface area contributed by atoms with E-state index in [0.717, 1.165) is 39.0 Å². The van der Waals surface area contributed by atoms with Crippen LogP contribution < -0.4 is 4.74 Å². The molecule has 1 fully saturated rings. The van der Waals surface area contributed by atoms with Crippen molar-refractivity contribution in [1.29, 1.82) is 0 Å². The van der Waals surface area contributed by atoms with Gasteiger partial charge in [0, 0.05) is 30.8 Å². The molecule has 1 saturated heterocycles. The second kappa shape index (κ2) is 9.28. The zero-order chi connectivity index (χ0) is 24.6. The first-order chi connectivity index (χ1) is 17.6. The molecule has 1 aromatic heterocycles. The normalized spacial score (nSPS) is 16.4. The summed E-state index contributed by atoms with van der Waals surface area (Å²) >= 11 is 0. The van der Waals surface area contributed by atoms with Gasteiger partial charge in [-0.3, -0.25) is 4.79 Å². The summed E-state index contributed by atoms with van der Waals surface area (Å²) in [4.78, 5) is 19.8. The van der Waals surface area contributed by atoms with Crippen LogP contribution in [0.15, 0.2) is 67.0 Å². The van der Waals surface area contributed by atoms with Crippen molar-refractivity contribution in [1.82, 2.24) is 14.5 Å². The molecule has 0 aliphatic carbocycles. The molecule has 0 bridgehead atoms. The molecule has 36 heavy (non-hydrogen) atoms. The van der Waals surface area contributed by atoms with Crippen LogP contribution in [-0.4, -0.2) is 46.7 Å². The van der Waals surface area contributed by atoms with E-state index < -0.39 is 0 Å². The Morgan fingerprint density at radius 1 is 1.00 bits per heavy atom. The van der Waals surface area contributed by atoms with E-state index in [0.29, 0.717) is 45.0 Å². The van der Waals surface area contributed by atoms with E-state index in [4.69, 9.17) is 9.47 Å². The maximum atomic E-state index is 13.3. The molecule has 3 heterocycles. The Bertz CT molecular complexity index is 1490.